The molecule has 4 rings (SSSR count). The van der Waals surface area contributed by atoms with Crippen molar-refractivity contribution in [2.24, 2.45) is 5.73 Å². The van der Waals surface area contributed by atoms with Crippen LogP contribution in [0, 0.1) is 18.3 Å². The number of pyridine rings is 1. The number of benzene rings is 2. The monoisotopic (exact) mass is 400 g/mol. The van der Waals surface area contributed by atoms with E-state index in [4.69, 9.17) is 10.5 Å². The molecular weight excluding hydrogens is 376 g/mol. The summed E-state index contributed by atoms with van der Waals surface area (Å²) < 4.78 is 5.54. The van der Waals surface area contributed by atoms with Gasteiger partial charge >= 0.3 is 0 Å². The average Bonchev–Trinajstić information content (AvgIpc) is 3.27. The van der Waals surface area contributed by atoms with Crippen molar-refractivity contribution in [1.82, 2.24) is 4.98 Å². The summed E-state index contributed by atoms with van der Waals surface area (Å²) in [6.45, 7) is 5.38. The van der Waals surface area contributed by atoms with Crippen LogP contribution in [0.4, 0.5) is 5.69 Å². The number of primary amides is 1. The first-order chi connectivity index (χ1) is 14.5. The Labute approximate surface area is 175 Å². The zero-order chi connectivity index (χ0) is 21.3. The minimum atomic E-state index is -0.469. The number of para-hydroxylation sites is 1. The maximum absolute atomic E-state index is 11.8. The summed E-state index contributed by atoms with van der Waals surface area (Å²) in [4.78, 5) is 16.5. The Hall–Kier alpha value is -3.43. The van der Waals surface area contributed by atoms with Crippen molar-refractivity contribution in [1.29, 1.82) is 5.26 Å². The van der Waals surface area contributed by atoms with E-state index in [2.05, 4.69) is 28.5 Å². The Kier molecular flexibility index (Phi) is 5.39. The zero-order valence-corrected chi connectivity index (χ0v) is 17.1. The molecule has 30 heavy (non-hydrogen) atoms. The Morgan fingerprint density at radius 1 is 1.33 bits per heavy atom. The van der Waals surface area contributed by atoms with Gasteiger partial charge in [-0.05, 0) is 61.2 Å². The van der Waals surface area contributed by atoms with Gasteiger partial charge < -0.3 is 15.8 Å². The number of nitrogens with two attached hydrogens (primary N) is 1. The van der Waals surface area contributed by atoms with Crippen molar-refractivity contribution in [3.8, 4) is 6.07 Å². The number of nitrogens with one attached hydrogen (secondary N) is 1. The second-order valence-corrected chi connectivity index (χ2v) is 7.80. The van der Waals surface area contributed by atoms with Gasteiger partial charge in [0.2, 0.25) is 0 Å². The molecule has 1 aromatic heterocycles. The van der Waals surface area contributed by atoms with Gasteiger partial charge in [-0.2, -0.15) is 5.26 Å². The summed E-state index contributed by atoms with van der Waals surface area (Å²) in [7, 11) is 0. The minimum Gasteiger partial charge on any atom is -0.381 e. The van der Waals surface area contributed by atoms with Crippen LogP contribution in [0.25, 0.3) is 10.9 Å². The Bertz CT molecular complexity index is 1160. The average molecular weight is 400 g/mol. The number of nitrogens with zero attached hydrogens (tertiary/aromatic N) is 2. The minimum absolute atomic E-state index is 0.102. The number of ether oxygens (including phenoxy) is 1. The second-order valence-electron chi connectivity index (χ2n) is 7.80. The lowest BCUT2D eigenvalue weighted by Gasteiger charge is -2.21. The standard InChI is InChI=1S/C24H24N4O2/c1-14-9-18(15(2)27-21-6-4-3-5-17(21)24(26)29)20-11-19(16-7-8-30-13-16)23(12-25)28-22(20)10-14/h3-6,9-11,15-16,27H,7-8,13H2,1-2H3,(H2,26,29)/t15-,16+/m0/s1. The molecule has 1 amide bonds. The molecule has 152 valence electrons. The number of rotatable bonds is 5. The van der Waals surface area contributed by atoms with Gasteiger partial charge in [-0.3, -0.25) is 4.79 Å². The predicted molar refractivity (Wildman–Crippen MR) is 116 cm³/mol. The van der Waals surface area contributed by atoms with Crippen molar-refractivity contribution < 1.29 is 9.53 Å². The summed E-state index contributed by atoms with van der Waals surface area (Å²) in [5.41, 5.74) is 11.0. The van der Waals surface area contributed by atoms with E-state index >= 15 is 0 Å². The third-order valence-corrected chi connectivity index (χ3v) is 5.65. The van der Waals surface area contributed by atoms with Gasteiger partial charge in [0.05, 0.1) is 17.7 Å². The highest BCUT2D eigenvalue weighted by Crippen LogP contribution is 2.34. The number of anilines is 1. The number of aryl methyl sites for hydroxylation is 1. The Balaban J connectivity index is 1.81. The van der Waals surface area contributed by atoms with Crippen LogP contribution in [0.3, 0.4) is 0 Å². The number of nitriles is 1. The molecule has 0 bridgehead atoms. The van der Waals surface area contributed by atoms with Crippen molar-refractivity contribution >= 4 is 22.5 Å². The quantitative estimate of drug-likeness (QED) is 0.669. The first-order valence-corrected chi connectivity index (χ1v) is 10.1. The molecule has 0 aliphatic carbocycles. The van der Waals surface area contributed by atoms with Gasteiger partial charge in [-0.15, -0.1) is 0 Å². The van der Waals surface area contributed by atoms with E-state index in [1.807, 2.05) is 32.0 Å². The Morgan fingerprint density at radius 2 is 2.13 bits per heavy atom. The number of hydrogen-bond donors (Lipinski definition) is 2. The molecule has 0 spiro atoms. The molecule has 2 aromatic carbocycles. The van der Waals surface area contributed by atoms with E-state index in [9.17, 15) is 10.1 Å². The number of aromatic nitrogens is 1. The van der Waals surface area contributed by atoms with Crippen LogP contribution in [-0.4, -0.2) is 24.1 Å². The van der Waals surface area contributed by atoms with Crippen LogP contribution < -0.4 is 11.1 Å². The Morgan fingerprint density at radius 3 is 2.83 bits per heavy atom. The van der Waals surface area contributed by atoms with Crippen LogP contribution in [0.2, 0.25) is 0 Å². The second kappa shape index (κ2) is 8.13. The molecule has 0 unspecified atom stereocenters. The van der Waals surface area contributed by atoms with Gasteiger partial charge in [0, 0.05) is 29.6 Å². The third kappa shape index (κ3) is 3.72. The zero-order valence-electron chi connectivity index (χ0n) is 17.1. The molecule has 1 saturated heterocycles. The van der Waals surface area contributed by atoms with Crippen molar-refractivity contribution in [3.05, 3.63) is 70.4 Å². The van der Waals surface area contributed by atoms with E-state index < -0.39 is 5.91 Å². The van der Waals surface area contributed by atoms with Crippen molar-refractivity contribution in [2.75, 3.05) is 18.5 Å². The van der Waals surface area contributed by atoms with Crippen LogP contribution in [0.1, 0.15) is 58.0 Å². The largest absolute Gasteiger partial charge is 0.381 e. The maximum Gasteiger partial charge on any atom is 0.250 e. The smallest absolute Gasteiger partial charge is 0.250 e. The molecule has 0 radical (unpaired) electrons. The van der Waals surface area contributed by atoms with E-state index in [0.29, 0.717) is 30.2 Å². The maximum atomic E-state index is 11.8. The number of amides is 1. The fraction of sp³-hybridized carbons (Fsp3) is 0.292. The summed E-state index contributed by atoms with van der Waals surface area (Å²) >= 11 is 0. The molecule has 6 nitrogen and oxygen atoms in total. The lowest BCUT2D eigenvalue weighted by Crippen LogP contribution is -2.16. The lowest BCUT2D eigenvalue weighted by atomic mass is 9.92. The molecule has 1 fully saturated rings. The lowest BCUT2D eigenvalue weighted by molar-refractivity contribution is 0.100. The van der Waals surface area contributed by atoms with E-state index in [1.54, 1.807) is 12.1 Å². The van der Waals surface area contributed by atoms with E-state index in [-0.39, 0.29) is 12.0 Å². The number of hydrogen-bond acceptors (Lipinski definition) is 5. The van der Waals surface area contributed by atoms with Gasteiger partial charge in [0.25, 0.3) is 5.91 Å². The molecule has 0 saturated carbocycles. The fourth-order valence-electron chi connectivity index (χ4n) is 4.14. The van der Waals surface area contributed by atoms with Crippen LogP contribution in [-0.2, 0) is 4.74 Å². The van der Waals surface area contributed by atoms with Crippen molar-refractivity contribution in [2.45, 2.75) is 32.2 Å². The molecule has 2 atom stereocenters. The number of carbonyl (C=O) groups is 1. The van der Waals surface area contributed by atoms with Crippen LogP contribution >= 0.6 is 0 Å². The summed E-state index contributed by atoms with van der Waals surface area (Å²) in [5, 5.41) is 14.1. The normalized spacial score (nSPS) is 16.9. The summed E-state index contributed by atoms with van der Waals surface area (Å²) in [6.07, 6.45) is 0.892. The number of carbonyl (C=O) groups excluding carboxylic acids is 1. The highest BCUT2D eigenvalue weighted by molar-refractivity contribution is 5.98. The van der Waals surface area contributed by atoms with Crippen LogP contribution in [0.15, 0.2) is 42.5 Å². The summed E-state index contributed by atoms with van der Waals surface area (Å²) in [5.74, 6) is -0.284. The van der Waals surface area contributed by atoms with Crippen LogP contribution in [0.5, 0.6) is 0 Å². The molecule has 2 heterocycles. The third-order valence-electron chi connectivity index (χ3n) is 5.65. The topological polar surface area (TPSA) is 101 Å². The van der Waals surface area contributed by atoms with Gasteiger partial charge in [0.15, 0.2) is 0 Å². The van der Waals surface area contributed by atoms with Gasteiger partial charge in [0.1, 0.15) is 11.8 Å². The molecule has 6 heteroatoms. The SMILES string of the molecule is Cc1cc([C@H](C)Nc2ccccc2C(N)=O)c2cc([C@@H]3CCOC3)c(C#N)nc2c1. The first-order valence-electron chi connectivity index (χ1n) is 10.1. The van der Waals surface area contributed by atoms with Gasteiger partial charge in [-0.1, -0.05) is 18.2 Å². The first kappa shape index (κ1) is 19.9. The highest BCUT2D eigenvalue weighted by atomic mass is 16.5. The molecular formula is C24H24N4O2. The van der Waals surface area contributed by atoms with E-state index in [1.165, 1.54) is 0 Å². The highest BCUT2D eigenvalue weighted by Gasteiger charge is 2.23. The predicted octanol–water partition coefficient (Wildman–Crippen LogP) is 4.19. The number of fused-ring (bicyclic) bond motifs is 1. The molecule has 3 N–H and O–H groups in total. The van der Waals surface area contributed by atoms with E-state index in [0.717, 1.165) is 34.0 Å². The van der Waals surface area contributed by atoms with Gasteiger partial charge in [-0.25, -0.2) is 4.98 Å². The fourth-order valence-corrected chi connectivity index (χ4v) is 4.14. The molecule has 3 aromatic rings. The molecule has 1 aliphatic heterocycles. The van der Waals surface area contributed by atoms with Crippen molar-refractivity contribution in [3.63, 3.8) is 0 Å². The summed E-state index contributed by atoms with van der Waals surface area (Å²) in [6, 6.07) is 15.6. The molecule has 1 aliphatic rings.